The normalized spacial score (nSPS) is 4.80. The maximum absolute atomic E-state index is 8.74. The summed E-state index contributed by atoms with van der Waals surface area (Å²) in [6, 6.07) is 0. The Kier molecular flexibility index (Phi) is 36.9. The summed E-state index contributed by atoms with van der Waals surface area (Å²) in [7, 11) is -3.13. The van der Waals surface area contributed by atoms with Crippen LogP contribution in [0.1, 0.15) is 0 Å². The fourth-order valence-electron chi connectivity index (χ4n) is 0. The molecule has 0 saturated heterocycles. The van der Waals surface area contributed by atoms with E-state index in [2.05, 4.69) is 0 Å². The van der Waals surface area contributed by atoms with E-state index in [-0.39, 0.29) is 59.1 Å². The van der Waals surface area contributed by atoms with Crippen LogP contribution < -0.4 is 0 Å². The van der Waals surface area contributed by atoms with Crippen molar-refractivity contribution in [3.63, 3.8) is 0 Å². The van der Waals surface area contributed by atoms with Crippen LogP contribution in [0.25, 0.3) is 0 Å². The molecule has 0 saturated carbocycles. The van der Waals surface area contributed by atoms with Gasteiger partial charge in [-0.3, -0.25) is 4.46 Å². The van der Waals surface area contributed by atoms with Crippen molar-refractivity contribution in [1.29, 1.82) is 0 Å². The molecular formula is CH6Na2O6Si. The van der Waals surface area contributed by atoms with Gasteiger partial charge in [0.25, 0.3) is 0 Å². The van der Waals surface area contributed by atoms with Crippen LogP contribution in [0.4, 0.5) is 4.79 Å². The van der Waals surface area contributed by atoms with Crippen molar-refractivity contribution in [2.75, 3.05) is 0 Å². The van der Waals surface area contributed by atoms with Crippen molar-refractivity contribution in [3.8, 4) is 0 Å². The van der Waals surface area contributed by atoms with Gasteiger partial charge in [0.05, 0.1) is 0 Å². The van der Waals surface area contributed by atoms with Crippen molar-refractivity contribution >= 4 is 74.4 Å². The molecule has 0 aliphatic rings. The molecule has 9 heteroatoms. The van der Waals surface area contributed by atoms with E-state index in [4.69, 9.17) is 29.1 Å². The van der Waals surface area contributed by atoms with Gasteiger partial charge < -0.3 is 19.8 Å². The maximum atomic E-state index is 8.74. The van der Waals surface area contributed by atoms with Crippen molar-refractivity contribution in [3.05, 3.63) is 0 Å². The molecule has 0 aliphatic heterocycles. The van der Waals surface area contributed by atoms with Crippen LogP contribution in [0.15, 0.2) is 0 Å². The van der Waals surface area contributed by atoms with Gasteiger partial charge in [-0.05, 0) is 0 Å². The summed E-state index contributed by atoms with van der Waals surface area (Å²) in [6.45, 7) is 0. The first kappa shape index (κ1) is 22.4. The third-order valence-corrected chi connectivity index (χ3v) is 0. The van der Waals surface area contributed by atoms with E-state index in [0.717, 1.165) is 0 Å². The van der Waals surface area contributed by atoms with Crippen molar-refractivity contribution < 1.29 is 29.1 Å². The molecule has 6 nitrogen and oxygen atoms in total. The molecule has 0 aromatic carbocycles. The second-order valence-electron chi connectivity index (χ2n) is 0.565. The molecule has 4 N–H and O–H groups in total. The number of hydrogen-bond acceptors (Lipinski definition) is 2. The quantitative estimate of drug-likeness (QED) is 0.308. The zero-order chi connectivity index (χ0) is 7.15. The van der Waals surface area contributed by atoms with E-state index < -0.39 is 15.3 Å². The third kappa shape index (κ3) is 703. The number of hydrogen-bond donors (Lipinski definition) is 4. The van der Waals surface area contributed by atoms with Gasteiger partial charge >= 0.3 is 74.4 Å². The predicted molar refractivity (Wildman–Crippen MR) is 35.8 cm³/mol. The minimum atomic E-state index is -3.13. The van der Waals surface area contributed by atoms with Crippen LogP contribution in [0.3, 0.4) is 0 Å². The summed E-state index contributed by atoms with van der Waals surface area (Å²) in [5.74, 6) is 0. The Morgan fingerprint density at radius 1 is 1.10 bits per heavy atom. The van der Waals surface area contributed by atoms with Gasteiger partial charge in [0.2, 0.25) is 0 Å². The molecule has 0 heterocycles. The molecule has 0 aliphatic carbocycles. The first-order valence-corrected chi connectivity index (χ1v) is 2.61. The topological polar surface area (TPSA) is 115 Å². The van der Waals surface area contributed by atoms with E-state index in [9.17, 15) is 0 Å². The molecular weight excluding hydrogens is 182 g/mol. The molecule has 0 aromatic rings. The number of carboxylic acid groups (broad SMARTS) is 2. The van der Waals surface area contributed by atoms with Gasteiger partial charge in [0, 0.05) is 0 Å². The van der Waals surface area contributed by atoms with E-state index in [1.54, 1.807) is 0 Å². The average molecular weight is 188 g/mol. The number of carbonyl (C=O) groups is 1. The molecule has 0 fully saturated rings. The Balaban J connectivity index is -0.0000000300. The molecule has 52 valence electrons. The zero-order valence-electron chi connectivity index (χ0n) is 3.61. The molecule has 0 aromatic heterocycles. The Morgan fingerprint density at radius 3 is 1.10 bits per heavy atom. The van der Waals surface area contributed by atoms with E-state index in [1.807, 2.05) is 0 Å². The monoisotopic (exact) mass is 188 g/mol. The van der Waals surface area contributed by atoms with E-state index in [0.29, 0.717) is 0 Å². The average Bonchev–Trinajstić information content (AvgIpc) is 1.25. The SMILES string of the molecule is O=C(O)O.O=[Si](O)O.[NaH].[NaH]. The van der Waals surface area contributed by atoms with E-state index >= 15 is 0 Å². The minimum absolute atomic E-state index is 0. The van der Waals surface area contributed by atoms with Crippen molar-refractivity contribution in [2.45, 2.75) is 0 Å². The standard InChI is InChI=1S/CH2O3.2Na.H2O3Si.2H/c2-1(3)4;;;1-4(2)3;;/h(H2,2,3,4);;;1-2H;;. The van der Waals surface area contributed by atoms with Crippen LogP contribution in [0.5, 0.6) is 0 Å². The summed E-state index contributed by atoms with van der Waals surface area (Å²) in [5, 5.41) is 13.9. The first-order valence-electron chi connectivity index (χ1n) is 1.30. The number of rotatable bonds is 0. The molecule has 0 rings (SSSR count). The Bertz CT molecular complexity index is 73.7. The van der Waals surface area contributed by atoms with Crippen LogP contribution >= 0.6 is 0 Å². The third-order valence-electron chi connectivity index (χ3n) is 0. The summed E-state index contributed by atoms with van der Waals surface area (Å²) in [6.07, 6.45) is -1.83. The molecule has 0 unspecified atom stereocenters. The van der Waals surface area contributed by atoms with Gasteiger partial charge in [-0.15, -0.1) is 0 Å². The summed E-state index contributed by atoms with van der Waals surface area (Å²) < 4.78 is 8.74. The van der Waals surface area contributed by atoms with Gasteiger partial charge in [-0.25, -0.2) is 4.79 Å². The second-order valence-corrected chi connectivity index (χ2v) is 1.13. The molecule has 0 amide bonds. The fraction of sp³-hybridized carbons (Fsp3) is 0. The molecule has 10 heavy (non-hydrogen) atoms. The summed E-state index contributed by atoms with van der Waals surface area (Å²) >= 11 is 0. The second kappa shape index (κ2) is 16.5. The van der Waals surface area contributed by atoms with Gasteiger partial charge in [0.15, 0.2) is 0 Å². The van der Waals surface area contributed by atoms with Gasteiger partial charge in [-0.2, -0.15) is 0 Å². The zero-order valence-corrected chi connectivity index (χ0v) is 4.61. The molecule has 0 spiro atoms. The van der Waals surface area contributed by atoms with Crippen LogP contribution in [0, 0.1) is 0 Å². The fourth-order valence-corrected chi connectivity index (χ4v) is 0. The Hall–Kier alpha value is 0.887. The van der Waals surface area contributed by atoms with Crippen molar-refractivity contribution in [1.82, 2.24) is 0 Å². The summed E-state index contributed by atoms with van der Waals surface area (Å²) in [4.78, 5) is 22.9. The molecule has 0 bridgehead atoms. The van der Waals surface area contributed by atoms with Crippen LogP contribution in [0.2, 0.25) is 0 Å². The molecule has 0 atom stereocenters. The van der Waals surface area contributed by atoms with Crippen LogP contribution in [-0.4, -0.2) is 94.2 Å². The summed E-state index contributed by atoms with van der Waals surface area (Å²) in [5.41, 5.74) is 0. The Morgan fingerprint density at radius 2 is 1.10 bits per heavy atom. The van der Waals surface area contributed by atoms with Crippen molar-refractivity contribution in [2.24, 2.45) is 0 Å². The van der Waals surface area contributed by atoms with Gasteiger partial charge in [0.1, 0.15) is 0 Å². The first-order chi connectivity index (χ1) is 3.46. The van der Waals surface area contributed by atoms with Crippen LogP contribution in [-0.2, 0) is 4.46 Å². The van der Waals surface area contributed by atoms with E-state index in [1.165, 1.54) is 0 Å². The predicted octanol–water partition coefficient (Wildman–Crippen LogP) is -2.69. The Labute approximate surface area is 102 Å². The van der Waals surface area contributed by atoms with Gasteiger partial charge in [-0.1, -0.05) is 0 Å². The molecule has 0 radical (unpaired) electrons.